The highest BCUT2D eigenvalue weighted by atomic mass is 32.2. The van der Waals surface area contributed by atoms with Crippen LogP contribution in [0.4, 0.5) is 0 Å². The van der Waals surface area contributed by atoms with Crippen molar-refractivity contribution in [1.82, 2.24) is 4.31 Å². The molecule has 0 bridgehead atoms. The molecule has 1 aliphatic rings. The number of ether oxygens (including phenoxy) is 2. The molecular weight excluding hydrogens is 430 g/mol. The maximum Gasteiger partial charge on any atom is 0.244 e. The van der Waals surface area contributed by atoms with Crippen molar-refractivity contribution >= 4 is 10.0 Å². The number of benzene rings is 3. The normalized spacial score (nSPS) is 19.8. The van der Waals surface area contributed by atoms with Crippen LogP contribution < -0.4 is 9.47 Å². The first-order valence-electron chi connectivity index (χ1n) is 10.1. The van der Waals surface area contributed by atoms with Crippen LogP contribution in [0.3, 0.4) is 0 Å². The molecule has 0 aliphatic carbocycles. The summed E-state index contributed by atoms with van der Waals surface area (Å²) < 4.78 is 39.0. The number of fused-ring (bicyclic) bond motifs is 1. The summed E-state index contributed by atoms with van der Waals surface area (Å²) in [5.74, 6) is 0.284. The Bertz CT molecular complexity index is 1190. The van der Waals surface area contributed by atoms with E-state index < -0.39 is 22.2 Å². The Labute approximate surface area is 187 Å². The standard InChI is InChI=1S/C24H25NO6S/c1-30-20-13-17(14-21(31-2)24(20)27)12-19-23(26)18-10-6-7-11-22(18)32(28,29)25(19)15-16-8-4-3-5-9-16/h3-11,13-14,19,23,26-27H,12,15H2,1-2H3. The van der Waals surface area contributed by atoms with Crippen LogP contribution in [0, 0.1) is 0 Å². The van der Waals surface area contributed by atoms with Crippen molar-refractivity contribution in [3.05, 3.63) is 83.4 Å². The molecular formula is C24H25NO6S. The van der Waals surface area contributed by atoms with Gasteiger partial charge in [-0.3, -0.25) is 0 Å². The molecule has 3 aromatic carbocycles. The topological polar surface area (TPSA) is 96.3 Å². The van der Waals surface area contributed by atoms with E-state index in [9.17, 15) is 18.6 Å². The molecule has 0 aromatic heterocycles. The van der Waals surface area contributed by atoms with E-state index >= 15 is 0 Å². The zero-order valence-electron chi connectivity index (χ0n) is 17.8. The van der Waals surface area contributed by atoms with Gasteiger partial charge in [-0.2, -0.15) is 4.31 Å². The molecule has 2 N–H and O–H groups in total. The molecule has 8 heteroatoms. The van der Waals surface area contributed by atoms with Crippen LogP contribution in [0.25, 0.3) is 0 Å². The second-order valence-corrected chi connectivity index (χ2v) is 9.50. The second kappa shape index (κ2) is 8.82. The maximum absolute atomic E-state index is 13.6. The van der Waals surface area contributed by atoms with Gasteiger partial charge in [0, 0.05) is 12.1 Å². The third kappa shape index (κ3) is 3.92. The predicted octanol–water partition coefficient (Wildman–Crippen LogP) is 3.26. The number of sulfonamides is 1. The molecule has 168 valence electrons. The zero-order valence-corrected chi connectivity index (χ0v) is 18.6. The summed E-state index contributed by atoms with van der Waals surface area (Å²) in [5.41, 5.74) is 1.85. The minimum absolute atomic E-state index is 0.112. The van der Waals surface area contributed by atoms with Gasteiger partial charge in [-0.05, 0) is 35.7 Å². The average molecular weight is 456 g/mol. The van der Waals surface area contributed by atoms with Gasteiger partial charge in [0.25, 0.3) is 0 Å². The third-order valence-corrected chi connectivity index (χ3v) is 7.67. The van der Waals surface area contributed by atoms with Crippen LogP contribution in [0.5, 0.6) is 17.2 Å². The number of phenols is 1. The average Bonchev–Trinajstić information content (AvgIpc) is 2.81. The van der Waals surface area contributed by atoms with Crippen LogP contribution in [-0.4, -0.2) is 43.2 Å². The van der Waals surface area contributed by atoms with E-state index in [1.54, 1.807) is 30.3 Å². The Kier molecular flexibility index (Phi) is 6.10. The number of phenolic OH excluding ortho intramolecular Hbond substituents is 1. The Morgan fingerprint density at radius 1 is 0.906 bits per heavy atom. The van der Waals surface area contributed by atoms with Crippen molar-refractivity contribution in [2.45, 2.75) is 30.0 Å². The first-order chi connectivity index (χ1) is 15.4. The van der Waals surface area contributed by atoms with E-state index in [0.717, 1.165) is 5.56 Å². The van der Waals surface area contributed by atoms with Crippen molar-refractivity contribution in [1.29, 1.82) is 0 Å². The molecule has 0 saturated carbocycles. The van der Waals surface area contributed by atoms with E-state index in [1.807, 2.05) is 30.3 Å². The predicted molar refractivity (Wildman–Crippen MR) is 119 cm³/mol. The maximum atomic E-state index is 13.6. The molecule has 0 amide bonds. The van der Waals surface area contributed by atoms with E-state index in [1.165, 1.54) is 24.6 Å². The van der Waals surface area contributed by atoms with Crippen molar-refractivity contribution in [2.75, 3.05) is 14.2 Å². The minimum Gasteiger partial charge on any atom is -0.502 e. The summed E-state index contributed by atoms with van der Waals surface area (Å²) in [6.07, 6.45) is -0.849. The summed E-state index contributed by atoms with van der Waals surface area (Å²) in [6, 6.07) is 18.3. The van der Waals surface area contributed by atoms with Crippen LogP contribution in [-0.2, 0) is 23.0 Å². The van der Waals surface area contributed by atoms with Crippen LogP contribution in [0.15, 0.2) is 71.6 Å². The molecule has 1 aliphatic heterocycles. The van der Waals surface area contributed by atoms with Gasteiger partial charge in [-0.25, -0.2) is 8.42 Å². The highest BCUT2D eigenvalue weighted by molar-refractivity contribution is 7.89. The third-order valence-electron chi connectivity index (χ3n) is 5.72. The molecule has 7 nitrogen and oxygen atoms in total. The molecule has 2 unspecified atom stereocenters. The first-order valence-corrected chi connectivity index (χ1v) is 11.6. The van der Waals surface area contributed by atoms with Gasteiger partial charge in [0.15, 0.2) is 11.5 Å². The number of hydrogen-bond acceptors (Lipinski definition) is 6. The van der Waals surface area contributed by atoms with Gasteiger partial charge in [0.2, 0.25) is 15.8 Å². The van der Waals surface area contributed by atoms with Gasteiger partial charge in [0.1, 0.15) is 0 Å². The SMILES string of the molecule is COc1cc(CC2C(O)c3ccccc3S(=O)(=O)N2Cc2ccccc2)cc(OC)c1O. The molecule has 0 spiro atoms. The summed E-state index contributed by atoms with van der Waals surface area (Å²) in [6.45, 7) is 0.117. The fourth-order valence-electron chi connectivity index (χ4n) is 4.12. The lowest BCUT2D eigenvalue weighted by atomic mass is 9.95. The lowest BCUT2D eigenvalue weighted by Gasteiger charge is -2.39. The number of aliphatic hydroxyl groups is 1. The summed E-state index contributed by atoms with van der Waals surface area (Å²) in [7, 11) is -1.01. The highest BCUT2D eigenvalue weighted by Gasteiger charge is 2.43. The number of aliphatic hydroxyl groups excluding tert-OH is 1. The van der Waals surface area contributed by atoms with E-state index in [0.29, 0.717) is 11.1 Å². The minimum atomic E-state index is -3.86. The smallest absolute Gasteiger partial charge is 0.244 e. The number of methoxy groups -OCH3 is 2. The van der Waals surface area contributed by atoms with Gasteiger partial charge in [-0.1, -0.05) is 48.5 Å². The molecule has 0 fully saturated rings. The van der Waals surface area contributed by atoms with Gasteiger partial charge >= 0.3 is 0 Å². The monoisotopic (exact) mass is 455 g/mol. The Morgan fingerprint density at radius 3 is 2.12 bits per heavy atom. The van der Waals surface area contributed by atoms with Crippen molar-refractivity contribution in [3.8, 4) is 17.2 Å². The molecule has 32 heavy (non-hydrogen) atoms. The van der Waals surface area contributed by atoms with Crippen LogP contribution >= 0.6 is 0 Å². The Hall–Kier alpha value is -3.07. The number of nitrogens with zero attached hydrogens (tertiary/aromatic N) is 1. The molecule has 1 heterocycles. The first kappa shape index (κ1) is 22.1. The number of rotatable bonds is 6. The molecule has 3 aromatic rings. The fraction of sp³-hybridized carbons (Fsp3) is 0.250. The summed E-state index contributed by atoms with van der Waals surface area (Å²) >= 11 is 0. The number of aromatic hydroxyl groups is 1. The molecule has 0 radical (unpaired) electrons. The van der Waals surface area contributed by atoms with E-state index in [2.05, 4.69) is 0 Å². The van der Waals surface area contributed by atoms with Crippen LogP contribution in [0.2, 0.25) is 0 Å². The Balaban J connectivity index is 1.81. The van der Waals surface area contributed by atoms with Crippen molar-refractivity contribution < 1.29 is 28.1 Å². The van der Waals surface area contributed by atoms with Crippen LogP contribution in [0.1, 0.15) is 22.8 Å². The summed E-state index contributed by atoms with van der Waals surface area (Å²) in [5, 5.41) is 21.5. The lowest BCUT2D eigenvalue weighted by Crippen LogP contribution is -2.48. The second-order valence-electron chi connectivity index (χ2n) is 7.64. The summed E-state index contributed by atoms with van der Waals surface area (Å²) in [4.78, 5) is 0.112. The molecule has 2 atom stereocenters. The van der Waals surface area contributed by atoms with E-state index in [-0.39, 0.29) is 35.1 Å². The molecule has 0 saturated heterocycles. The number of hydrogen-bond donors (Lipinski definition) is 2. The van der Waals surface area contributed by atoms with E-state index in [4.69, 9.17) is 9.47 Å². The van der Waals surface area contributed by atoms with Gasteiger partial charge in [0.05, 0.1) is 31.3 Å². The van der Waals surface area contributed by atoms with Crippen molar-refractivity contribution in [2.24, 2.45) is 0 Å². The Morgan fingerprint density at radius 2 is 1.50 bits per heavy atom. The quantitative estimate of drug-likeness (QED) is 0.592. The van der Waals surface area contributed by atoms with Crippen molar-refractivity contribution in [3.63, 3.8) is 0 Å². The highest BCUT2D eigenvalue weighted by Crippen LogP contribution is 2.41. The van der Waals surface area contributed by atoms with Gasteiger partial charge < -0.3 is 19.7 Å². The fourth-order valence-corrected chi connectivity index (χ4v) is 5.97. The zero-order chi connectivity index (χ0) is 22.9. The van der Waals surface area contributed by atoms with Gasteiger partial charge in [-0.15, -0.1) is 0 Å². The largest absolute Gasteiger partial charge is 0.502 e. The lowest BCUT2D eigenvalue weighted by molar-refractivity contribution is 0.0769. The molecule has 4 rings (SSSR count).